The summed E-state index contributed by atoms with van der Waals surface area (Å²) < 4.78 is 0. The van der Waals surface area contributed by atoms with Crippen LogP contribution in [0, 0.1) is 0 Å². The average molecular weight is 360 g/mol. The number of aliphatic hydroxyl groups is 1. The van der Waals surface area contributed by atoms with Gasteiger partial charge in [0.1, 0.15) is 6.54 Å². The van der Waals surface area contributed by atoms with Crippen LogP contribution in [0.3, 0.4) is 0 Å². The molecule has 0 aromatic heterocycles. The number of hydrogen-bond acceptors (Lipinski definition) is 5. The molecule has 2 N–H and O–H groups in total. The minimum Gasteiger partial charge on any atom is -0.396 e. The van der Waals surface area contributed by atoms with E-state index in [0.29, 0.717) is 18.3 Å². The molecule has 0 aliphatic carbocycles. The highest BCUT2D eigenvalue weighted by Crippen LogP contribution is 2.29. The zero-order valence-electron chi connectivity index (χ0n) is 15.4. The SMILES string of the molecule is CN(CCCO)C1CCN(CC(=O)N2CC(=O)Nc3ccccc32)CC1. The Bertz CT molecular complexity index is 643. The maximum Gasteiger partial charge on any atom is 0.244 e. The third-order valence-electron chi connectivity index (χ3n) is 5.28. The summed E-state index contributed by atoms with van der Waals surface area (Å²) in [4.78, 5) is 30.8. The van der Waals surface area contributed by atoms with Gasteiger partial charge in [-0.25, -0.2) is 0 Å². The quantitative estimate of drug-likeness (QED) is 0.783. The lowest BCUT2D eigenvalue weighted by molar-refractivity contribution is -0.123. The summed E-state index contributed by atoms with van der Waals surface area (Å²) in [7, 11) is 2.10. The smallest absolute Gasteiger partial charge is 0.244 e. The van der Waals surface area contributed by atoms with Gasteiger partial charge in [0.15, 0.2) is 0 Å². The van der Waals surface area contributed by atoms with Gasteiger partial charge in [-0.1, -0.05) is 12.1 Å². The molecule has 1 aromatic rings. The molecule has 0 saturated carbocycles. The predicted octanol–water partition coefficient (Wildman–Crippen LogP) is 0.750. The van der Waals surface area contributed by atoms with Crippen LogP contribution < -0.4 is 10.2 Å². The molecule has 2 aliphatic heterocycles. The molecular formula is C19H28N4O3. The summed E-state index contributed by atoms with van der Waals surface area (Å²) in [5.41, 5.74) is 1.47. The monoisotopic (exact) mass is 360 g/mol. The standard InChI is InChI=1S/C19H28N4O3/c1-21(9-4-12-24)15-7-10-22(11-8-15)14-19(26)23-13-18(25)20-16-5-2-3-6-17(16)23/h2-3,5-6,15,24H,4,7-14H2,1H3,(H,20,25). The number of para-hydroxylation sites is 2. The normalized spacial score (nSPS) is 18.7. The first-order valence-corrected chi connectivity index (χ1v) is 9.31. The number of anilines is 2. The topological polar surface area (TPSA) is 76.1 Å². The van der Waals surface area contributed by atoms with E-state index in [1.165, 1.54) is 0 Å². The third kappa shape index (κ3) is 4.41. The summed E-state index contributed by atoms with van der Waals surface area (Å²) in [5, 5.41) is 11.8. The molecule has 7 nitrogen and oxygen atoms in total. The summed E-state index contributed by atoms with van der Waals surface area (Å²) in [5.74, 6) is -0.180. The fraction of sp³-hybridized carbons (Fsp3) is 0.579. The minimum atomic E-state index is -0.152. The Balaban J connectivity index is 1.54. The number of benzene rings is 1. The van der Waals surface area contributed by atoms with Crippen molar-refractivity contribution in [2.75, 3.05) is 56.6 Å². The van der Waals surface area contributed by atoms with Crippen LogP contribution in [-0.4, -0.2) is 79.1 Å². The van der Waals surface area contributed by atoms with Crippen LogP contribution >= 0.6 is 0 Å². The van der Waals surface area contributed by atoms with Crippen LogP contribution in [0.1, 0.15) is 19.3 Å². The second kappa shape index (κ2) is 8.62. The average Bonchev–Trinajstić information content (AvgIpc) is 2.65. The van der Waals surface area contributed by atoms with E-state index in [2.05, 4.69) is 22.2 Å². The molecule has 2 heterocycles. The molecule has 1 saturated heterocycles. The van der Waals surface area contributed by atoms with Crippen molar-refractivity contribution < 1.29 is 14.7 Å². The predicted molar refractivity (Wildman–Crippen MR) is 101 cm³/mol. The zero-order chi connectivity index (χ0) is 18.5. The van der Waals surface area contributed by atoms with E-state index in [1.54, 1.807) is 4.90 Å². The molecule has 142 valence electrons. The van der Waals surface area contributed by atoms with Gasteiger partial charge in [-0.15, -0.1) is 0 Å². The third-order valence-corrected chi connectivity index (χ3v) is 5.28. The highest BCUT2D eigenvalue weighted by atomic mass is 16.3. The number of likely N-dealkylation sites (tertiary alicyclic amines) is 1. The first-order valence-electron chi connectivity index (χ1n) is 9.31. The fourth-order valence-electron chi connectivity index (χ4n) is 3.75. The van der Waals surface area contributed by atoms with Crippen LogP contribution in [0.4, 0.5) is 11.4 Å². The number of aliphatic hydroxyl groups excluding tert-OH is 1. The van der Waals surface area contributed by atoms with E-state index < -0.39 is 0 Å². The maximum atomic E-state index is 12.8. The highest BCUT2D eigenvalue weighted by molar-refractivity contribution is 6.10. The number of fused-ring (bicyclic) bond motifs is 1. The molecule has 0 bridgehead atoms. The van der Waals surface area contributed by atoms with Gasteiger partial charge in [-0.2, -0.15) is 0 Å². The van der Waals surface area contributed by atoms with Gasteiger partial charge >= 0.3 is 0 Å². The Kier molecular flexibility index (Phi) is 6.24. The second-order valence-corrected chi connectivity index (χ2v) is 7.11. The molecule has 0 unspecified atom stereocenters. The van der Waals surface area contributed by atoms with Gasteiger partial charge in [0, 0.05) is 32.3 Å². The number of amides is 2. The van der Waals surface area contributed by atoms with Crippen LogP contribution in [0.2, 0.25) is 0 Å². The van der Waals surface area contributed by atoms with E-state index in [4.69, 9.17) is 5.11 Å². The van der Waals surface area contributed by atoms with Crippen molar-refractivity contribution in [1.82, 2.24) is 9.80 Å². The molecule has 7 heteroatoms. The molecule has 2 amide bonds. The van der Waals surface area contributed by atoms with E-state index >= 15 is 0 Å². The Hall–Kier alpha value is -1.96. The first kappa shape index (κ1) is 18.8. The molecule has 0 radical (unpaired) electrons. The lowest BCUT2D eigenvalue weighted by atomic mass is 10.0. The van der Waals surface area contributed by atoms with Crippen LogP contribution in [0.25, 0.3) is 0 Å². The second-order valence-electron chi connectivity index (χ2n) is 7.11. The number of hydrogen-bond donors (Lipinski definition) is 2. The number of carbonyl (C=O) groups excluding carboxylic acids is 2. The Morgan fingerprint density at radius 2 is 2.04 bits per heavy atom. The summed E-state index contributed by atoms with van der Waals surface area (Å²) in [6, 6.07) is 7.93. The zero-order valence-corrected chi connectivity index (χ0v) is 15.4. The van der Waals surface area contributed by atoms with Crippen molar-refractivity contribution in [3.8, 4) is 0 Å². The Labute approximate surface area is 154 Å². The van der Waals surface area contributed by atoms with Crippen molar-refractivity contribution >= 4 is 23.2 Å². The van der Waals surface area contributed by atoms with Crippen molar-refractivity contribution in [2.45, 2.75) is 25.3 Å². The first-order chi connectivity index (χ1) is 12.6. The molecule has 1 fully saturated rings. The molecule has 1 aromatic carbocycles. The number of piperidine rings is 1. The lowest BCUT2D eigenvalue weighted by Gasteiger charge is -2.37. The van der Waals surface area contributed by atoms with Crippen molar-refractivity contribution in [2.24, 2.45) is 0 Å². The Morgan fingerprint density at radius 1 is 1.31 bits per heavy atom. The molecule has 3 rings (SSSR count). The lowest BCUT2D eigenvalue weighted by Crippen LogP contribution is -2.50. The Morgan fingerprint density at radius 3 is 2.77 bits per heavy atom. The van der Waals surface area contributed by atoms with Crippen molar-refractivity contribution in [3.05, 3.63) is 24.3 Å². The summed E-state index contributed by atoms with van der Waals surface area (Å²) in [6.45, 7) is 3.30. The van der Waals surface area contributed by atoms with Crippen molar-refractivity contribution in [3.63, 3.8) is 0 Å². The van der Waals surface area contributed by atoms with E-state index in [1.807, 2.05) is 24.3 Å². The van der Waals surface area contributed by atoms with Gasteiger partial charge in [0.2, 0.25) is 11.8 Å². The molecule has 0 spiro atoms. The molecule has 26 heavy (non-hydrogen) atoms. The van der Waals surface area contributed by atoms with Gasteiger partial charge in [0.05, 0.1) is 17.9 Å². The minimum absolute atomic E-state index is 0.0283. The van der Waals surface area contributed by atoms with Crippen LogP contribution in [-0.2, 0) is 9.59 Å². The van der Waals surface area contributed by atoms with E-state index in [0.717, 1.165) is 44.6 Å². The number of nitrogens with zero attached hydrogens (tertiary/aromatic N) is 3. The number of rotatable bonds is 6. The molecule has 0 atom stereocenters. The van der Waals surface area contributed by atoms with Gasteiger partial charge in [-0.3, -0.25) is 19.4 Å². The highest BCUT2D eigenvalue weighted by Gasteiger charge is 2.29. The van der Waals surface area contributed by atoms with Crippen LogP contribution in [0.5, 0.6) is 0 Å². The molecule has 2 aliphatic rings. The maximum absolute atomic E-state index is 12.8. The van der Waals surface area contributed by atoms with Gasteiger partial charge in [0.25, 0.3) is 0 Å². The van der Waals surface area contributed by atoms with Gasteiger partial charge in [-0.05, 0) is 38.4 Å². The summed E-state index contributed by atoms with van der Waals surface area (Å²) >= 11 is 0. The van der Waals surface area contributed by atoms with Crippen molar-refractivity contribution in [1.29, 1.82) is 0 Å². The summed E-state index contributed by atoms with van der Waals surface area (Å²) in [6.07, 6.45) is 2.84. The van der Waals surface area contributed by atoms with E-state index in [-0.39, 0.29) is 25.0 Å². The van der Waals surface area contributed by atoms with E-state index in [9.17, 15) is 9.59 Å². The number of nitrogens with one attached hydrogen (secondary N) is 1. The largest absolute Gasteiger partial charge is 0.396 e. The number of carbonyl (C=O) groups is 2. The van der Waals surface area contributed by atoms with Crippen LogP contribution in [0.15, 0.2) is 24.3 Å². The molecular weight excluding hydrogens is 332 g/mol. The van der Waals surface area contributed by atoms with Gasteiger partial charge < -0.3 is 15.3 Å². The fourth-order valence-corrected chi connectivity index (χ4v) is 3.75.